The number of aliphatic hydroxyl groups is 1. The van der Waals surface area contributed by atoms with Crippen molar-refractivity contribution < 1.29 is 5.11 Å². The summed E-state index contributed by atoms with van der Waals surface area (Å²) in [5, 5.41) is 10.7. The molecule has 2 atom stereocenters. The fourth-order valence-corrected chi connectivity index (χ4v) is 3.33. The molecular formula is C17H27NO. The Morgan fingerprint density at radius 2 is 1.58 bits per heavy atom. The lowest BCUT2D eigenvalue weighted by Gasteiger charge is -2.30. The molecule has 1 aliphatic rings. The largest absolute Gasteiger partial charge is 0.392 e. The highest BCUT2D eigenvalue weighted by atomic mass is 16.3. The van der Waals surface area contributed by atoms with Crippen LogP contribution < -0.4 is 5.73 Å². The fourth-order valence-electron chi connectivity index (χ4n) is 3.33. The average molecular weight is 261 g/mol. The molecule has 0 radical (unpaired) electrons. The van der Waals surface area contributed by atoms with E-state index in [1.54, 1.807) is 0 Å². The molecule has 0 amide bonds. The van der Waals surface area contributed by atoms with Crippen molar-refractivity contribution >= 4 is 0 Å². The molecule has 2 unspecified atom stereocenters. The average Bonchev–Trinajstić information content (AvgIpc) is 2.40. The summed E-state index contributed by atoms with van der Waals surface area (Å²) in [6.07, 6.45) is 8.55. The highest BCUT2D eigenvalue weighted by molar-refractivity contribution is 5.21. The van der Waals surface area contributed by atoms with Crippen molar-refractivity contribution in [1.82, 2.24) is 0 Å². The van der Waals surface area contributed by atoms with Gasteiger partial charge in [0.1, 0.15) is 0 Å². The van der Waals surface area contributed by atoms with E-state index in [1.165, 1.54) is 37.7 Å². The molecule has 2 heteroatoms. The third-order valence-electron chi connectivity index (χ3n) is 4.53. The van der Waals surface area contributed by atoms with Crippen LogP contribution in [-0.2, 0) is 0 Å². The molecular weight excluding hydrogens is 234 g/mol. The van der Waals surface area contributed by atoms with Crippen LogP contribution in [0.1, 0.15) is 56.4 Å². The summed E-state index contributed by atoms with van der Waals surface area (Å²) in [7, 11) is 0. The Labute approximate surface area is 117 Å². The third-order valence-corrected chi connectivity index (χ3v) is 4.53. The van der Waals surface area contributed by atoms with E-state index in [4.69, 9.17) is 5.73 Å². The Balaban J connectivity index is 2.04. The summed E-state index contributed by atoms with van der Waals surface area (Å²) in [5.41, 5.74) is 7.10. The quantitative estimate of drug-likeness (QED) is 0.872. The number of aliphatic hydroxyl groups excluding tert-OH is 1. The predicted octanol–water partition coefficient (Wildman–Crippen LogP) is 3.45. The van der Waals surface area contributed by atoms with Gasteiger partial charge in [-0.15, -0.1) is 0 Å². The van der Waals surface area contributed by atoms with Gasteiger partial charge >= 0.3 is 0 Å². The molecule has 0 aliphatic heterocycles. The van der Waals surface area contributed by atoms with Gasteiger partial charge in [-0.1, -0.05) is 62.4 Å². The van der Waals surface area contributed by atoms with Gasteiger partial charge in [0, 0.05) is 12.5 Å². The molecule has 3 N–H and O–H groups in total. The van der Waals surface area contributed by atoms with Crippen LogP contribution >= 0.6 is 0 Å². The van der Waals surface area contributed by atoms with E-state index in [1.807, 2.05) is 18.2 Å². The van der Waals surface area contributed by atoms with E-state index in [-0.39, 0.29) is 12.0 Å². The first-order chi connectivity index (χ1) is 9.33. The summed E-state index contributed by atoms with van der Waals surface area (Å²) < 4.78 is 0. The van der Waals surface area contributed by atoms with E-state index < -0.39 is 0 Å². The van der Waals surface area contributed by atoms with Crippen molar-refractivity contribution in [3.05, 3.63) is 35.9 Å². The molecule has 1 saturated carbocycles. The molecule has 0 heterocycles. The van der Waals surface area contributed by atoms with Crippen molar-refractivity contribution in [3.63, 3.8) is 0 Å². The maximum Gasteiger partial charge on any atom is 0.0648 e. The standard InChI is InChI=1S/C17H27NO/c18-13-16(14-9-7-4-8-10-14)17(19)15-11-5-2-1-3-6-12-15/h4,7-10,15-17,19H,1-3,5-6,11-13,18H2. The molecule has 0 bridgehead atoms. The molecule has 1 aromatic carbocycles. The first-order valence-corrected chi connectivity index (χ1v) is 7.76. The monoisotopic (exact) mass is 261 g/mol. The molecule has 19 heavy (non-hydrogen) atoms. The Hall–Kier alpha value is -0.860. The summed E-state index contributed by atoms with van der Waals surface area (Å²) in [4.78, 5) is 0. The van der Waals surface area contributed by atoms with Gasteiger partial charge in [0.05, 0.1) is 6.10 Å². The Kier molecular flexibility index (Phi) is 5.87. The first-order valence-electron chi connectivity index (χ1n) is 7.76. The lowest BCUT2D eigenvalue weighted by atomic mass is 9.79. The lowest BCUT2D eigenvalue weighted by molar-refractivity contribution is 0.0680. The van der Waals surface area contributed by atoms with E-state index >= 15 is 0 Å². The number of hydrogen-bond donors (Lipinski definition) is 2. The second-order valence-electron chi connectivity index (χ2n) is 5.85. The molecule has 0 aromatic heterocycles. The lowest BCUT2D eigenvalue weighted by Crippen LogP contribution is -2.33. The number of rotatable bonds is 4. The molecule has 2 rings (SSSR count). The molecule has 0 saturated heterocycles. The first kappa shape index (κ1) is 14.5. The highest BCUT2D eigenvalue weighted by Gasteiger charge is 2.27. The van der Waals surface area contributed by atoms with Crippen LogP contribution in [-0.4, -0.2) is 17.8 Å². The van der Waals surface area contributed by atoms with Gasteiger partial charge in [-0.25, -0.2) is 0 Å². The zero-order valence-corrected chi connectivity index (χ0v) is 11.8. The highest BCUT2D eigenvalue weighted by Crippen LogP contribution is 2.31. The fraction of sp³-hybridized carbons (Fsp3) is 0.647. The maximum atomic E-state index is 10.7. The summed E-state index contributed by atoms with van der Waals surface area (Å²) in [5.74, 6) is 0.514. The maximum absolute atomic E-state index is 10.7. The number of nitrogens with two attached hydrogens (primary N) is 1. The van der Waals surface area contributed by atoms with Crippen molar-refractivity contribution in [1.29, 1.82) is 0 Å². The normalized spacial score (nSPS) is 21.4. The SMILES string of the molecule is NCC(c1ccccc1)C(O)C1CCCCCCC1. The summed E-state index contributed by atoms with van der Waals surface area (Å²) >= 11 is 0. The smallest absolute Gasteiger partial charge is 0.0648 e. The van der Waals surface area contributed by atoms with Crippen molar-refractivity contribution in [3.8, 4) is 0 Å². The molecule has 106 valence electrons. The van der Waals surface area contributed by atoms with Gasteiger partial charge in [-0.05, 0) is 24.3 Å². The Morgan fingerprint density at radius 3 is 2.16 bits per heavy atom. The van der Waals surface area contributed by atoms with Gasteiger partial charge in [0.15, 0.2) is 0 Å². The van der Waals surface area contributed by atoms with E-state index in [9.17, 15) is 5.11 Å². The predicted molar refractivity (Wildman–Crippen MR) is 80.1 cm³/mol. The minimum atomic E-state index is -0.287. The van der Waals surface area contributed by atoms with Crippen LogP contribution in [0.15, 0.2) is 30.3 Å². The van der Waals surface area contributed by atoms with Crippen LogP contribution in [0.4, 0.5) is 0 Å². The topological polar surface area (TPSA) is 46.2 Å². The van der Waals surface area contributed by atoms with Crippen molar-refractivity contribution in [2.75, 3.05) is 6.54 Å². The molecule has 2 nitrogen and oxygen atoms in total. The van der Waals surface area contributed by atoms with Crippen LogP contribution in [0.2, 0.25) is 0 Å². The zero-order valence-electron chi connectivity index (χ0n) is 11.8. The van der Waals surface area contributed by atoms with E-state index in [0.717, 1.165) is 12.8 Å². The second-order valence-corrected chi connectivity index (χ2v) is 5.85. The van der Waals surface area contributed by atoms with Crippen LogP contribution in [0.3, 0.4) is 0 Å². The van der Waals surface area contributed by atoms with Crippen molar-refractivity contribution in [2.24, 2.45) is 11.7 Å². The van der Waals surface area contributed by atoms with Crippen LogP contribution in [0, 0.1) is 5.92 Å². The zero-order chi connectivity index (χ0) is 13.5. The Morgan fingerprint density at radius 1 is 1.00 bits per heavy atom. The minimum absolute atomic E-state index is 0.0885. The second kappa shape index (κ2) is 7.66. The Bertz CT molecular complexity index is 344. The van der Waals surface area contributed by atoms with Crippen LogP contribution in [0.5, 0.6) is 0 Å². The third kappa shape index (κ3) is 4.05. The van der Waals surface area contributed by atoms with Gasteiger partial charge < -0.3 is 10.8 Å². The van der Waals surface area contributed by atoms with E-state index in [0.29, 0.717) is 12.5 Å². The number of hydrogen-bond acceptors (Lipinski definition) is 2. The molecule has 1 aliphatic carbocycles. The molecule has 1 aromatic rings. The molecule has 1 fully saturated rings. The van der Waals surface area contributed by atoms with Gasteiger partial charge in [-0.2, -0.15) is 0 Å². The van der Waals surface area contributed by atoms with Gasteiger partial charge in [0.2, 0.25) is 0 Å². The van der Waals surface area contributed by atoms with E-state index in [2.05, 4.69) is 12.1 Å². The molecule has 0 spiro atoms. The number of benzene rings is 1. The van der Waals surface area contributed by atoms with Gasteiger partial charge in [0.25, 0.3) is 0 Å². The minimum Gasteiger partial charge on any atom is -0.392 e. The van der Waals surface area contributed by atoms with Crippen LogP contribution in [0.25, 0.3) is 0 Å². The summed E-state index contributed by atoms with van der Waals surface area (Å²) in [6.45, 7) is 0.529. The summed E-state index contributed by atoms with van der Waals surface area (Å²) in [6, 6.07) is 10.2. The van der Waals surface area contributed by atoms with Crippen molar-refractivity contribution in [2.45, 2.75) is 57.0 Å². The van der Waals surface area contributed by atoms with Gasteiger partial charge in [-0.3, -0.25) is 0 Å².